The highest BCUT2D eigenvalue weighted by molar-refractivity contribution is 5.95. The number of benzene rings is 1. The summed E-state index contributed by atoms with van der Waals surface area (Å²) in [5.74, 6) is 0.349. The molecule has 2 bridgehead atoms. The molecule has 2 aromatic rings. The zero-order valence-electron chi connectivity index (χ0n) is 22.2. The number of halogens is 1. The number of ether oxygens (including phenoxy) is 3. The first kappa shape index (κ1) is 26.1. The topological polar surface area (TPSA) is 106 Å². The minimum absolute atomic E-state index is 0.00572. The van der Waals surface area contributed by atoms with Crippen molar-refractivity contribution in [2.75, 3.05) is 30.0 Å². The normalized spacial score (nSPS) is 23.4. The molecule has 1 aromatic heterocycles. The number of hydrogen-bond acceptors (Lipinski definition) is 8. The Kier molecular flexibility index (Phi) is 7.13. The van der Waals surface area contributed by atoms with E-state index in [9.17, 15) is 14.0 Å². The molecule has 2 atom stereocenters. The first-order chi connectivity index (χ1) is 18.1. The molecule has 0 radical (unpaired) electrons. The van der Waals surface area contributed by atoms with Crippen molar-refractivity contribution in [3.05, 3.63) is 35.9 Å². The summed E-state index contributed by atoms with van der Waals surface area (Å²) in [6.45, 7) is 8.81. The Bertz CT molecular complexity index is 1200. The van der Waals surface area contributed by atoms with Crippen LogP contribution in [0.2, 0.25) is 0 Å². The van der Waals surface area contributed by atoms with Crippen molar-refractivity contribution in [1.82, 2.24) is 14.9 Å². The van der Waals surface area contributed by atoms with Crippen LogP contribution in [0.5, 0.6) is 5.88 Å². The third-order valence-electron chi connectivity index (χ3n) is 6.99. The third-order valence-corrected chi connectivity index (χ3v) is 6.99. The highest BCUT2D eigenvalue weighted by atomic mass is 19.1. The van der Waals surface area contributed by atoms with Crippen LogP contribution in [0.15, 0.2) is 24.5 Å². The SMILES string of the molecule is Cc1c(Nc2ccc(N3CCCC3=O)cc2F)ncnc1OC1CC2COCC(C1)N2C(=O)OC(C)(C)C. The molecule has 38 heavy (non-hydrogen) atoms. The molecular formula is C27H34FN5O5. The summed E-state index contributed by atoms with van der Waals surface area (Å²) in [6, 6.07) is 4.38. The first-order valence-electron chi connectivity index (χ1n) is 13.0. The van der Waals surface area contributed by atoms with Crippen molar-refractivity contribution in [3.8, 4) is 5.88 Å². The number of rotatable bonds is 5. The van der Waals surface area contributed by atoms with Crippen LogP contribution in [0.1, 0.15) is 52.0 Å². The van der Waals surface area contributed by atoms with Crippen molar-refractivity contribution in [2.24, 2.45) is 0 Å². The maximum Gasteiger partial charge on any atom is 0.410 e. The average Bonchev–Trinajstić information content (AvgIpc) is 3.27. The van der Waals surface area contributed by atoms with Crippen LogP contribution in [0.4, 0.5) is 26.4 Å². The third kappa shape index (κ3) is 5.52. The van der Waals surface area contributed by atoms with E-state index in [2.05, 4.69) is 15.3 Å². The van der Waals surface area contributed by atoms with Crippen LogP contribution < -0.4 is 15.0 Å². The van der Waals surface area contributed by atoms with Crippen LogP contribution in [0.25, 0.3) is 0 Å². The molecule has 4 heterocycles. The molecular weight excluding hydrogens is 493 g/mol. The van der Waals surface area contributed by atoms with Crippen molar-refractivity contribution < 1.29 is 28.2 Å². The molecule has 2 amide bonds. The van der Waals surface area contributed by atoms with Gasteiger partial charge in [-0.1, -0.05) is 0 Å². The van der Waals surface area contributed by atoms with Gasteiger partial charge in [-0.15, -0.1) is 0 Å². The number of aromatic nitrogens is 2. The summed E-state index contributed by atoms with van der Waals surface area (Å²) in [5, 5.41) is 3.03. The molecule has 5 rings (SSSR count). The lowest BCUT2D eigenvalue weighted by atomic mass is 9.92. The van der Waals surface area contributed by atoms with Gasteiger partial charge in [-0.05, 0) is 52.3 Å². The van der Waals surface area contributed by atoms with Crippen LogP contribution in [0.3, 0.4) is 0 Å². The lowest BCUT2D eigenvalue weighted by Crippen LogP contribution is -2.61. The summed E-state index contributed by atoms with van der Waals surface area (Å²) in [4.78, 5) is 36.8. The van der Waals surface area contributed by atoms with Gasteiger partial charge >= 0.3 is 6.09 Å². The van der Waals surface area contributed by atoms with Gasteiger partial charge in [0.2, 0.25) is 11.8 Å². The highest BCUT2D eigenvalue weighted by Crippen LogP contribution is 2.34. The Morgan fingerprint density at radius 3 is 2.55 bits per heavy atom. The fourth-order valence-electron chi connectivity index (χ4n) is 5.23. The fraction of sp³-hybridized carbons (Fsp3) is 0.556. The lowest BCUT2D eigenvalue weighted by Gasteiger charge is -2.47. The highest BCUT2D eigenvalue weighted by Gasteiger charge is 2.44. The number of nitrogens with zero attached hydrogens (tertiary/aromatic N) is 4. The molecule has 204 valence electrons. The van der Waals surface area contributed by atoms with Crippen LogP contribution >= 0.6 is 0 Å². The number of carbonyl (C=O) groups excluding carboxylic acids is 2. The predicted molar refractivity (Wildman–Crippen MR) is 138 cm³/mol. The molecule has 3 aliphatic rings. The van der Waals surface area contributed by atoms with Gasteiger partial charge in [0.1, 0.15) is 29.7 Å². The van der Waals surface area contributed by atoms with Crippen molar-refractivity contribution in [3.63, 3.8) is 0 Å². The number of amides is 2. The van der Waals surface area contributed by atoms with E-state index in [4.69, 9.17) is 14.2 Å². The molecule has 1 aromatic carbocycles. The summed E-state index contributed by atoms with van der Waals surface area (Å²) in [5.41, 5.74) is 0.852. The summed E-state index contributed by atoms with van der Waals surface area (Å²) in [6.07, 6.45) is 3.28. The zero-order chi connectivity index (χ0) is 27.0. The van der Waals surface area contributed by atoms with Crippen LogP contribution in [-0.4, -0.2) is 70.4 Å². The Morgan fingerprint density at radius 1 is 1.18 bits per heavy atom. The lowest BCUT2D eigenvalue weighted by molar-refractivity contribution is -0.117. The first-order valence-corrected chi connectivity index (χ1v) is 13.0. The monoisotopic (exact) mass is 527 g/mol. The molecule has 3 aliphatic heterocycles. The number of nitrogens with one attached hydrogen (secondary N) is 1. The second-order valence-electron chi connectivity index (χ2n) is 11.0. The van der Waals surface area contributed by atoms with Gasteiger partial charge in [0.25, 0.3) is 0 Å². The van der Waals surface area contributed by atoms with Gasteiger partial charge in [-0.3, -0.25) is 9.69 Å². The van der Waals surface area contributed by atoms with E-state index in [0.717, 1.165) is 6.42 Å². The van der Waals surface area contributed by atoms with Gasteiger partial charge in [-0.25, -0.2) is 19.2 Å². The Hall–Kier alpha value is -3.47. The molecule has 1 N–H and O–H groups in total. The van der Waals surface area contributed by atoms with Crippen molar-refractivity contribution in [1.29, 1.82) is 0 Å². The number of morpholine rings is 1. The van der Waals surface area contributed by atoms with Crippen molar-refractivity contribution >= 4 is 29.2 Å². The molecule has 11 heteroatoms. The number of anilines is 3. The van der Waals surface area contributed by atoms with E-state index in [1.165, 1.54) is 12.4 Å². The minimum atomic E-state index is -0.577. The molecule has 2 unspecified atom stereocenters. The Morgan fingerprint density at radius 2 is 1.92 bits per heavy atom. The van der Waals surface area contributed by atoms with Crippen LogP contribution in [0, 0.1) is 12.7 Å². The maximum absolute atomic E-state index is 14.9. The summed E-state index contributed by atoms with van der Waals surface area (Å²) < 4.78 is 32.6. The molecule has 0 spiro atoms. The van der Waals surface area contributed by atoms with Gasteiger partial charge < -0.3 is 24.4 Å². The predicted octanol–water partition coefficient (Wildman–Crippen LogP) is 4.34. The van der Waals surface area contributed by atoms with E-state index in [1.54, 1.807) is 21.9 Å². The van der Waals surface area contributed by atoms with E-state index in [1.807, 2.05) is 27.7 Å². The van der Waals surface area contributed by atoms with Gasteiger partial charge in [0.05, 0.1) is 36.5 Å². The van der Waals surface area contributed by atoms with E-state index in [-0.39, 0.29) is 35.9 Å². The van der Waals surface area contributed by atoms with E-state index in [0.29, 0.717) is 62.0 Å². The van der Waals surface area contributed by atoms with Crippen molar-refractivity contribution in [2.45, 2.75) is 77.2 Å². The van der Waals surface area contributed by atoms with E-state index < -0.39 is 11.4 Å². The number of hydrogen-bond donors (Lipinski definition) is 1. The standard InChI is InChI=1S/C27H34FN5O5/c1-16-24(31-22-8-7-17(12-21(22)28)32-9-5-6-23(32)34)29-15-30-25(16)37-20-10-18-13-36-14-19(11-20)33(18)26(35)38-27(2,3)4/h7-8,12,15,18-20H,5-6,9-11,13-14H2,1-4H3,(H,29,30,31). The molecule has 3 saturated heterocycles. The fourth-order valence-corrected chi connectivity index (χ4v) is 5.23. The second-order valence-corrected chi connectivity index (χ2v) is 11.0. The quantitative estimate of drug-likeness (QED) is 0.612. The molecule has 3 fully saturated rings. The number of carbonyl (C=O) groups is 2. The average molecular weight is 528 g/mol. The molecule has 0 saturated carbocycles. The largest absolute Gasteiger partial charge is 0.474 e. The minimum Gasteiger partial charge on any atom is -0.474 e. The van der Waals surface area contributed by atoms with Gasteiger partial charge in [0, 0.05) is 31.5 Å². The zero-order valence-corrected chi connectivity index (χ0v) is 22.2. The molecule has 0 aliphatic carbocycles. The van der Waals surface area contributed by atoms with Gasteiger partial charge in [0.15, 0.2) is 0 Å². The number of fused-ring (bicyclic) bond motifs is 2. The maximum atomic E-state index is 14.9. The summed E-state index contributed by atoms with van der Waals surface area (Å²) >= 11 is 0. The van der Waals surface area contributed by atoms with Gasteiger partial charge in [-0.2, -0.15) is 0 Å². The second kappa shape index (κ2) is 10.4. The number of piperidine rings is 1. The summed E-state index contributed by atoms with van der Waals surface area (Å²) in [7, 11) is 0. The Balaban J connectivity index is 1.27. The van der Waals surface area contributed by atoms with Crippen LogP contribution in [-0.2, 0) is 14.3 Å². The Labute approximate surface area is 221 Å². The van der Waals surface area contributed by atoms with E-state index >= 15 is 0 Å². The molecule has 10 nitrogen and oxygen atoms in total. The smallest absolute Gasteiger partial charge is 0.410 e.